The maximum absolute atomic E-state index is 6.18. The van der Waals surface area contributed by atoms with Crippen LogP contribution in [0.1, 0.15) is 45.1 Å². The van der Waals surface area contributed by atoms with Gasteiger partial charge < -0.3 is 10.3 Å². The molecule has 1 fully saturated rings. The SMILES string of the molecule is CC(C)(N)c1ccc2c(ccn2CC2CCCC2)c1. The van der Waals surface area contributed by atoms with E-state index in [4.69, 9.17) is 5.73 Å². The van der Waals surface area contributed by atoms with Crippen molar-refractivity contribution in [3.05, 3.63) is 36.0 Å². The Kier molecular flexibility index (Phi) is 3.14. The van der Waals surface area contributed by atoms with Crippen LogP contribution in [0.4, 0.5) is 0 Å². The molecule has 2 aromatic rings. The predicted octanol–water partition coefficient (Wildman–Crippen LogP) is 4.03. The first kappa shape index (κ1) is 12.7. The quantitative estimate of drug-likeness (QED) is 0.883. The van der Waals surface area contributed by atoms with Gasteiger partial charge in [0, 0.05) is 23.8 Å². The van der Waals surface area contributed by atoms with Crippen molar-refractivity contribution in [1.82, 2.24) is 4.57 Å². The molecule has 2 N–H and O–H groups in total. The summed E-state index contributed by atoms with van der Waals surface area (Å²) in [6.07, 6.45) is 7.85. The molecule has 2 heteroatoms. The van der Waals surface area contributed by atoms with E-state index in [0.717, 1.165) is 5.92 Å². The van der Waals surface area contributed by atoms with E-state index in [1.807, 2.05) is 0 Å². The van der Waals surface area contributed by atoms with Crippen molar-refractivity contribution in [3.63, 3.8) is 0 Å². The van der Waals surface area contributed by atoms with Crippen molar-refractivity contribution in [2.24, 2.45) is 11.7 Å². The van der Waals surface area contributed by atoms with E-state index in [1.165, 1.54) is 48.7 Å². The molecule has 102 valence electrons. The number of hydrogen-bond donors (Lipinski definition) is 1. The van der Waals surface area contributed by atoms with Crippen molar-refractivity contribution >= 4 is 10.9 Å². The van der Waals surface area contributed by atoms with E-state index in [-0.39, 0.29) is 5.54 Å². The number of nitrogens with two attached hydrogens (primary N) is 1. The highest BCUT2D eigenvalue weighted by molar-refractivity contribution is 5.81. The van der Waals surface area contributed by atoms with Crippen molar-refractivity contribution in [2.75, 3.05) is 0 Å². The van der Waals surface area contributed by atoms with Gasteiger partial charge in [0.2, 0.25) is 0 Å². The molecule has 19 heavy (non-hydrogen) atoms. The van der Waals surface area contributed by atoms with E-state index in [1.54, 1.807) is 0 Å². The van der Waals surface area contributed by atoms with Crippen molar-refractivity contribution in [2.45, 2.75) is 51.6 Å². The van der Waals surface area contributed by atoms with Gasteiger partial charge in [-0.2, -0.15) is 0 Å². The number of aromatic nitrogens is 1. The average molecular weight is 256 g/mol. The Balaban J connectivity index is 1.91. The Morgan fingerprint density at radius 3 is 2.63 bits per heavy atom. The van der Waals surface area contributed by atoms with E-state index < -0.39 is 0 Å². The zero-order valence-corrected chi connectivity index (χ0v) is 12.0. The zero-order valence-electron chi connectivity index (χ0n) is 12.0. The fraction of sp³-hybridized carbons (Fsp3) is 0.529. The lowest BCUT2D eigenvalue weighted by molar-refractivity contribution is 0.466. The average Bonchev–Trinajstić information content (AvgIpc) is 2.98. The number of fused-ring (bicyclic) bond motifs is 1. The third-order valence-corrected chi connectivity index (χ3v) is 4.44. The maximum atomic E-state index is 6.18. The minimum atomic E-state index is -0.262. The fourth-order valence-electron chi connectivity index (χ4n) is 3.23. The van der Waals surface area contributed by atoms with E-state index in [9.17, 15) is 0 Å². The largest absolute Gasteiger partial charge is 0.347 e. The van der Waals surface area contributed by atoms with Gasteiger partial charge in [-0.3, -0.25) is 0 Å². The van der Waals surface area contributed by atoms with Gasteiger partial charge in [0.1, 0.15) is 0 Å². The summed E-state index contributed by atoms with van der Waals surface area (Å²) in [6, 6.07) is 8.86. The van der Waals surface area contributed by atoms with Crippen molar-refractivity contribution in [1.29, 1.82) is 0 Å². The van der Waals surface area contributed by atoms with Gasteiger partial charge in [-0.25, -0.2) is 0 Å². The third kappa shape index (κ3) is 2.55. The molecule has 1 heterocycles. The van der Waals surface area contributed by atoms with Gasteiger partial charge in [0.15, 0.2) is 0 Å². The normalized spacial score (nSPS) is 17.4. The van der Waals surface area contributed by atoms with Crippen LogP contribution in [0.5, 0.6) is 0 Å². The smallest absolute Gasteiger partial charge is 0.0480 e. The van der Waals surface area contributed by atoms with Crippen LogP contribution in [0.3, 0.4) is 0 Å². The van der Waals surface area contributed by atoms with Crippen molar-refractivity contribution in [3.8, 4) is 0 Å². The summed E-state index contributed by atoms with van der Waals surface area (Å²) in [6.45, 7) is 5.29. The van der Waals surface area contributed by atoms with E-state index >= 15 is 0 Å². The van der Waals surface area contributed by atoms with Crippen LogP contribution in [0.2, 0.25) is 0 Å². The molecule has 1 aliphatic carbocycles. The van der Waals surface area contributed by atoms with Crippen LogP contribution >= 0.6 is 0 Å². The second kappa shape index (κ2) is 4.68. The number of rotatable bonds is 3. The van der Waals surface area contributed by atoms with Gasteiger partial charge in [-0.05, 0) is 61.8 Å². The Morgan fingerprint density at radius 1 is 1.21 bits per heavy atom. The summed E-state index contributed by atoms with van der Waals surface area (Å²) >= 11 is 0. The van der Waals surface area contributed by atoms with E-state index in [2.05, 4.69) is 48.9 Å². The molecule has 1 saturated carbocycles. The maximum Gasteiger partial charge on any atom is 0.0480 e. The second-order valence-corrected chi connectivity index (χ2v) is 6.61. The van der Waals surface area contributed by atoms with Crippen molar-refractivity contribution < 1.29 is 0 Å². The first-order valence-electron chi connectivity index (χ1n) is 7.42. The molecule has 3 rings (SSSR count). The molecule has 0 atom stereocenters. The van der Waals surface area contributed by atoms with Crippen LogP contribution in [-0.4, -0.2) is 4.57 Å². The summed E-state index contributed by atoms with van der Waals surface area (Å²) < 4.78 is 2.42. The molecular weight excluding hydrogens is 232 g/mol. The summed E-state index contributed by atoms with van der Waals surface area (Å²) in [5.41, 5.74) is 8.47. The van der Waals surface area contributed by atoms with Crippen LogP contribution < -0.4 is 5.73 Å². The molecule has 1 aliphatic rings. The first-order chi connectivity index (χ1) is 9.04. The van der Waals surface area contributed by atoms with Gasteiger partial charge in [-0.15, -0.1) is 0 Å². The third-order valence-electron chi connectivity index (χ3n) is 4.44. The van der Waals surface area contributed by atoms with E-state index in [0.29, 0.717) is 0 Å². The molecule has 1 aromatic heterocycles. The number of nitrogens with zero attached hydrogens (tertiary/aromatic N) is 1. The lowest BCUT2D eigenvalue weighted by atomic mass is 9.95. The Hall–Kier alpha value is -1.28. The first-order valence-corrected chi connectivity index (χ1v) is 7.42. The highest BCUT2D eigenvalue weighted by Gasteiger charge is 2.17. The fourth-order valence-corrected chi connectivity index (χ4v) is 3.23. The molecular formula is C17H24N2. The molecule has 1 aromatic carbocycles. The van der Waals surface area contributed by atoms with Gasteiger partial charge in [-0.1, -0.05) is 18.9 Å². The Bertz CT molecular complexity index is 568. The summed E-state index contributed by atoms with van der Waals surface area (Å²) in [5.74, 6) is 0.876. The Morgan fingerprint density at radius 2 is 1.95 bits per heavy atom. The number of benzene rings is 1. The van der Waals surface area contributed by atoms with Gasteiger partial charge in [0.05, 0.1) is 0 Å². The molecule has 0 bridgehead atoms. The molecule has 2 nitrogen and oxygen atoms in total. The molecule has 0 spiro atoms. The predicted molar refractivity (Wildman–Crippen MR) is 81.1 cm³/mol. The van der Waals surface area contributed by atoms with Gasteiger partial charge >= 0.3 is 0 Å². The zero-order chi connectivity index (χ0) is 13.5. The topological polar surface area (TPSA) is 30.9 Å². The van der Waals surface area contributed by atoms with Crippen LogP contribution in [0.25, 0.3) is 10.9 Å². The summed E-state index contributed by atoms with van der Waals surface area (Å²) in [4.78, 5) is 0. The Labute approximate surface area is 115 Å². The highest BCUT2D eigenvalue weighted by atomic mass is 15.0. The standard InChI is InChI=1S/C17H24N2/c1-17(2,18)15-7-8-16-14(11-15)9-10-19(16)12-13-5-3-4-6-13/h7-11,13H,3-6,12,18H2,1-2H3. The summed E-state index contributed by atoms with van der Waals surface area (Å²) in [7, 11) is 0. The highest BCUT2D eigenvalue weighted by Crippen LogP contribution is 2.29. The number of hydrogen-bond acceptors (Lipinski definition) is 1. The molecule has 0 radical (unpaired) electrons. The molecule has 0 aliphatic heterocycles. The van der Waals surface area contributed by atoms with Crippen LogP contribution in [-0.2, 0) is 12.1 Å². The van der Waals surface area contributed by atoms with Gasteiger partial charge in [0.25, 0.3) is 0 Å². The lowest BCUT2D eigenvalue weighted by Gasteiger charge is -2.19. The molecule has 0 amide bonds. The second-order valence-electron chi connectivity index (χ2n) is 6.61. The monoisotopic (exact) mass is 256 g/mol. The van der Waals surface area contributed by atoms with Crippen LogP contribution in [0, 0.1) is 5.92 Å². The summed E-state index contributed by atoms with van der Waals surface area (Å²) in [5, 5.41) is 1.31. The lowest BCUT2D eigenvalue weighted by Crippen LogP contribution is -2.28. The minimum absolute atomic E-state index is 0.262. The minimum Gasteiger partial charge on any atom is -0.347 e. The molecule has 0 unspecified atom stereocenters. The van der Waals surface area contributed by atoms with Crippen LogP contribution in [0.15, 0.2) is 30.5 Å². The molecule has 0 saturated heterocycles.